The summed E-state index contributed by atoms with van der Waals surface area (Å²) in [6.07, 6.45) is 0.994. The number of fused-ring (bicyclic) bond motifs is 1. The SMILES string of the molecule is O=CC1CNc2ccccc2S1. The van der Waals surface area contributed by atoms with Gasteiger partial charge in [0, 0.05) is 17.1 Å². The molecular formula is C9H9NOS. The Balaban J connectivity index is 2.28. The molecule has 1 atom stereocenters. The number of rotatable bonds is 1. The minimum atomic E-state index is 0.0694. The van der Waals surface area contributed by atoms with E-state index in [-0.39, 0.29) is 5.25 Å². The molecule has 2 rings (SSSR count). The van der Waals surface area contributed by atoms with Crippen LogP contribution in [0.3, 0.4) is 0 Å². The molecule has 0 spiro atoms. The summed E-state index contributed by atoms with van der Waals surface area (Å²) < 4.78 is 0. The van der Waals surface area contributed by atoms with Gasteiger partial charge in [0.25, 0.3) is 0 Å². The van der Waals surface area contributed by atoms with Gasteiger partial charge in [0.05, 0.1) is 5.25 Å². The van der Waals surface area contributed by atoms with Crippen LogP contribution >= 0.6 is 11.8 Å². The fraction of sp³-hybridized carbons (Fsp3) is 0.222. The van der Waals surface area contributed by atoms with Crippen LogP contribution in [0.4, 0.5) is 5.69 Å². The second-order valence-electron chi connectivity index (χ2n) is 2.67. The molecule has 0 radical (unpaired) electrons. The quantitative estimate of drug-likeness (QED) is 0.666. The highest BCUT2D eigenvalue weighted by atomic mass is 32.2. The highest BCUT2D eigenvalue weighted by molar-refractivity contribution is 8.00. The molecule has 3 heteroatoms. The minimum absolute atomic E-state index is 0.0694. The molecule has 1 heterocycles. The molecule has 1 aromatic carbocycles. The van der Waals surface area contributed by atoms with E-state index in [4.69, 9.17) is 0 Å². The molecule has 0 saturated carbocycles. The Morgan fingerprint density at radius 1 is 1.50 bits per heavy atom. The molecule has 0 amide bonds. The van der Waals surface area contributed by atoms with E-state index in [9.17, 15) is 4.79 Å². The monoisotopic (exact) mass is 179 g/mol. The molecule has 1 aliphatic heterocycles. The smallest absolute Gasteiger partial charge is 0.135 e. The summed E-state index contributed by atoms with van der Waals surface area (Å²) in [5.74, 6) is 0. The molecule has 1 unspecified atom stereocenters. The van der Waals surface area contributed by atoms with Gasteiger partial charge in [-0.3, -0.25) is 0 Å². The Bertz CT molecular complexity index is 300. The van der Waals surface area contributed by atoms with E-state index in [0.29, 0.717) is 0 Å². The molecular weight excluding hydrogens is 170 g/mol. The first-order valence-corrected chi connectivity index (χ1v) is 4.73. The summed E-state index contributed by atoms with van der Waals surface area (Å²) in [5.41, 5.74) is 1.14. The lowest BCUT2D eigenvalue weighted by Crippen LogP contribution is -2.22. The summed E-state index contributed by atoms with van der Waals surface area (Å²) in [7, 11) is 0. The molecule has 1 N–H and O–H groups in total. The highest BCUT2D eigenvalue weighted by Crippen LogP contribution is 2.33. The van der Waals surface area contributed by atoms with Crippen LogP contribution in [0.1, 0.15) is 0 Å². The van der Waals surface area contributed by atoms with Gasteiger partial charge in [-0.1, -0.05) is 12.1 Å². The van der Waals surface area contributed by atoms with Crippen molar-refractivity contribution in [3.05, 3.63) is 24.3 Å². The maximum absolute atomic E-state index is 10.5. The molecule has 62 valence electrons. The Labute approximate surface area is 75.4 Å². The number of carbonyl (C=O) groups is 1. The van der Waals surface area contributed by atoms with E-state index in [1.54, 1.807) is 11.8 Å². The fourth-order valence-electron chi connectivity index (χ4n) is 1.21. The average Bonchev–Trinajstić information content (AvgIpc) is 2.17. The van der Waals surface area contributed by atoms with Crippen LogP contribution in [0.15, 0.2) is 29.2 Å². The number of hydrogen-bond acceptors (Lipinski definition) is 3. The topological polar surface area (TPSA) is 29.1 Å². The predicted octanol–water partition coefficient (Wildman–Crippen LogP) is 1.77. The second-order valence-corrected chi connectivity index (χ2v) is 3.95. The van der Waals surface area contributed by atoms with Crippen molar-refractivity contribution < 1.29 is 4.79 Å². The molecule has 0 aliphatic carbocycles. The molecule has 0 aromatic heterocycles. The highest BCUT2D eigenvalue weighted by Gasteiger charge is 2.16. The van der Waals surface area contributed by atoms with Gasteiger partial charge in [-0.05, 0) is 12.1 Å². The normalized spacial score (nSPS) is 20.8. The molecule has 0 saturated heterocycles. The number of aldehydes is 1. The maximum atomic E-state index is 10.5. The van der Waals surface area contributed by atoms with Gasteiger partial charge < -0.3 is 10.1 Å². The third-order valence-electron chi connectivity index (χ3n) is 1.81. The largest absolute Gasteiger partial charge is 0.383 e. The number of para-hydroxylation sites is 1. The van der Waals surface area contributed by atoms with Crippen LogP contribution in [0.25, 0.3) is 0 Å². The maximum Gasteiger partial charge on any atom is 0.135 e. The summed E-state index contributed by atoms with van der Waals surface area (Å²) in [6.45, 7) is 0.741. The molecule has 12 heavy (non-hydrogen) atoms. The number of thioether (sulfide) groups is 1. The van der Waals surface area contributed by atoms with E-state index in [0.717, 1.165) is 18.5 Å². The van der Waals surface area contributed by atoms with Crippen LogP contribution in [-0.4, -0.2) is 18.1 Å². The van der Waals surface area contributed by atoms with Gasteiger partial charge >= 0.3 is 0 Å². The summed E-state index contributed by atoms with van der Waals surface area (Å²) >= 11 is 1.63. The van der Waals surface area contributed by atoms with E-state index in [1.165, 1.54) is 4.90 Å². The lowest BCUT2D eigenvalue weighted by Gasteiger charge is -2.21. The third kappa shape index (κ3) is 1.32. The Kier molecular flexibility index (Phi) is 2.04. The zero-order valence-corrected chi connectivity index (χ0v) is 7.30. The van der Waals surface area contributed by atoms with Gasteiger partial charge in [-0.25, -0.2) is 0 Å². The van der Waals surface area contributed by atoms with Crippen LogP contribution in [-0.2, 0) is 4.79 Å². The summed E-state index contributed by atoms with van der Waals surface area (Å²) in [5, 5.41) is 3.28. The number of benzene rings is 1. The van der Waals surface area contributed by atoms with Gasteiger partial charge in [0.15, 0.2) is 0 Å². The van der Waals surface area contributed by atoms with Gasteiger partial charge in [-0.15, -0.1) is 11.8 Å². The van der Waals surface area contributed by atoms with Gasteiger partial charge in [0.2, 0.25) is 0 Å². The summed E-state index contributed by atoms with van der Waals surface area (Å²) in [4.78, 5) is 11.7. The van der Waals surface area contributed by atoms with Crippen LogP contribution in [0.2, 0.25) is 0 Å². The van der Waals surface area contributed by atoms with Crippen molar-refractivity contribution in [1.82, 2.24) is 0 Å². The number of anilines is 1. The number of nitrogens with one attached hydrogen (secondary N) is 1. The van der Waals surface area contributed by atoms with E-state index in [1.807, 2.05) is 24.3 Å². The molecule has 1 aliphatic rings. The van der Waals surface area contributed by atoms with Gasteiger partial charge in [0.1, 0.15) is 6.29 Å². The Morgan fingerprint density at radius 2 is 2.33 bits per heavy atom. The molecule has 0 bridgehead atoms. The standard InChI is InChI=1S/C9H9NOS/c11-6-7-5-10-8-3-1-2-4-9(8)12-7/h1-4,6-7,10H,5H2. The van der Waals surface area contributed by atoms with Crippen LogP contribution in [0.5, 0.6) is 0 Å². The zero-order chi connectivity index (χ0) is 8.39. The first kappa shape index (κ1) is 7.68. The lowest BCUT2D eigenvalue weighted by molar-refractivity contribution is -0.107. The van der Waals surface area contributed by atoms with E-state index < -0.39 is 0 Å². The Morgan fingerprint density at radius 3 is 3.17 bits per heavy atom. The molecule has 1 aromatic rings. The van der Waals surface area contributed by atoms with Crippen molar-refractivity contribution in [3.63, 3.8) is 0 Å². The van der Waals surface area contributed by atoms with Crippen molar-refractivity contribution in [1.29, 1.82) is 0 Å². The number of hydrogen-bond donors (Lipinski definition) is 1. The third-order valence-corrected chi connectivity index (χ3v) is 3.00. The molecule has 2 nitrogen and oxygen atoms in total. The Hall–Kier alpha value is -0.960. The summed E-state index contributed by atoms with van der Waals surface area (Å²) in [6, 6.07) is 8.04. The molecule has 0 fully saturated rings. The van der Waals surface area contributed by atoms with Crippen molar-refractivity contribution in [3.8, 4) is 0 Å². The van der Waals surface area contributed by atoms with Crippen molar-refractivity contribution in [2.75, 3.05) is 11.9 Å². The van der Waals surface area contributed by atoms with Crippen molar-refractivity contribution in [2.45, 2.75) is 10.1 Å². The van der Waals surface area contributed by atoms with Crippen molar-refractivity contribution in [2.24, 2.45) is 0 Å². The van der Waals surface area contributed by atoms with Crippen LogP contribution < -0.4 is 5.32 Å². The first-order chi connectivity index (χ1) is 5.90. The van der Waals surface area contributed by atoms with Gasteiger partial charge in [-0.2, -0.15) is 0 Å². The lowest BCUT2D eigenvalue weighted by atomic mass is 10.3. The first-order valence-electron chi connectivity index (χ1n) is 3.85. The second kappa shape index (κ2) is 3.19. The average molecular weight is 179 g/mol. The van der Waals surface area contributed by atoms with Crippen molar-refractivity contribution >= 4 is 23.7 Å². The minimum Gasteiger partial charge on any atom is -0.383 e. The van der Waals surface area contributed by atoms with Crippen LogP contribution in [0, 0.1) is 0 Å². The van der Waals surface area contributed by atoms with E-state index >= 15 is 0 Å². The van der Waals surface area contributed by atoms with E-state index in [2.05, 4.69) is 5.32 Å². The fourth-order valence-corrected chi connectivity index (χ4v) is 2.18. The number of carbonyl (C=O) groups excluding carboxylic acids is 1. The predicted molar refractivity (Wildman–Crippen MR) is 50.6 cm³/mol. The zero-order valence-electron chi connectivity index (χ0n) is 6.49.